The Morgan fingerprint density at radius 1 is 1.09 bits per heavy atom. The van der Waals surface area contributed by atoms with Crippen molar-refractivity contribution < 1.29 is 24.0 Å². The third-order valence-electron chi connectivity index (χ3n) is 6.05. The first-order chi connectivity index (χ1) is 16.3. The fourth-order valence-electron chi connectivity index (χ4n) is 4.30. The van der Waals surface area contributed by atoms with Gasteiger partial charge in [0, 0.05) is 29.8 Å². The summed E-state index contributed by atoms with van der Waals surface area (Å²) in [7, 11) is 4.01. The summed E-state index contributed by atoms with van der Waals surface area (Å²) in [6.45, 7) is 2.86. The van der Waals surface area contributed by atoms with Gasteiger partial charge in [0.1, 0.15) is 5.82 Å². The maximum Gasteiger partial charge on any atom is 0.295 e. The van der Waals surface area contributed by atoms with E-state index in [-0.39, 0.29) is 11.1 Å². The highest BCUT2D eigenvalue weighted by atomic mass is 19.1. The van der Waals surface area contributed by atoms with Crippen LogP contribution in [0.15, 0.2) is 66.4 Å². The molecule has 7 nitrogen and oxygen atoms in total. The summed E-state index contributed by atoms with van der Waals surface area (Å²) in [5, 5.41) is 18.0. The molecule has 34 heavy (non-hydrogen) atoms. The number of likely N-dealkylation sites (tertiary alicyclic amines) is 1. The average Bonchev–Trinajstić information content (AvgIpc) is 3.32. The van der Waals surface area contributed by atoms with Crippen molar-refractivity contribution >= 4 is 17.4 Å². The molecular weight excluding hydrogens is 435 g/mol. The normalized spacial score (nSPS) is 17.7. The lowest BCUT2D eigenvalue weighted by Gasteiger charge is -2.27. The molecule has 1 amide bonds. The number of carbonyl (C=O) groups is 2. The third-order valence-corrected chi connectivity index (χ3v) is 6.05. The molecule has 0 aliphatic carbocycles. The summed E-state index contributed by atoms with van der Waals surface area (Å²) in [5.41, 5.74) is 2.00. The molecule has 1 aliphatic heterocycles. The van der Waals surface area contributed by atoms with Gasteiger partial charge in [-0.15, -0.1) is 0 Å². The number of nitrogens with zero attached hydrogens (tertiary/aromatic N) is 3. The van der Waals surface area contributed by atoms with Gasteiger partial charge in [-0.3, -0.25) is 9.59 Å². The Kier molecular flexibility index (Phi) is 6.61. The van der Waals surface area contributed by atoms with Crippen LogP contribution in [0.25, 0.3) is 11.4 Å². The van der Waals surface area contributed by atoms with Gasteiger partial charge in [-0.2, -0.15) is 5.10 Å². The molecule has 3 aromatic rings. The first kappa shape index (κ1) is 23.4. The van der Waals surface area contributed by atoms with E-state index in [1.54, 1.807) is 11.6 Å². The maximum absolute atomic E-state index is 13.7. The molecule has 0 radical (unpaired) electrons. The van der Waals surface area contributed by atoms with Crippen molar-refractivity contribution in [2.45, 2.75) is 19.4 Å². The fourth-order valence-corrected chi connectivity index (χ4v) is 4.30. The standard InChI is InChI=1S/C26H27FN4O3/c1-17-21(16-28-31(17)20-8-5-4-6-9-20)24(32)22-23(18-10-12-19(27)13-11-18)30(26(34)25(22)33)15-7-14-29(2)3/h4-6,8-13,16,23,32H,7,14-15H2,1-3H3. The Balaban J connectivity index is 1.80. The Labute approximate surface area is 197 Å². The van der Waals surface area contributed by atoms with Crippen LogP contribution in [0.2, 0.25) is 0 Å². The summed E-state index contributed by atoms with van der Waals surface area (Å²) in [6, 6.07) is 14.0. The van der Waals surface area contributed by atoms with E-state index in [1.807, 2.05) is 44.4 Å². The number of carbonyl (C=O) groups excluding carboxylic acids is 2. The number of halogens is 1. The zero-order chi connectivity index (χ0) is 24.4. The number of hydrogen-bond donors (Lipinski definition) is 1. The van der Waals surface area contributed by atoms with E-state index in [0.717, 1.165) is 12.2 Å². The highest BCUT2D eigenvalue weighted by Gasteiger charge is 2.44. The van der Waals surface area contributed by atoms with Crippen molar-refractivity contribution in [2.75, 3.05) is 27.2 Å². The van der Waals surface area contributed by atoms with E-state index < -0.39 is 29.3 Å². The molecule has 1 saturated heterocycles. The first-order valence-corrected chi connectivity index (χ1v) is 11.2. The smallest absolute Gasteiger partial charge is 0.295 e. The number of rotatable bonds is 7. The fraction of sp³-hybridized carbons (Fsp3) is 0.269. The number of Topliss-reactive ketones (excluding diaryl/α,β-unsaturated/α-hetero) is 1. The SMILES string of the molecule is Cc1c(C([O-])=C2C(=O)C(=O)N(CCC[NH+](C)C)C2c2ccc(F)cc2)cnn1-c1ccccc1. The molecule has 1 N–H and O–H groups in total. The highest BCUT2D eigenvalue weighted by Crippen LogP contribution is 2.39. The minimum Gasteiger partial charge on any atom is -0.872 e. The summed E-state index contributed by atoms with van der Waals surface area (Å²) in [6.07, 6.45) is 2.08. The van der Waals surface area contributed by atoms with Gasteiger partial charge in [0.15, 0.2) is 0 Å². The van der Waals surface area contributed by atoms with Crippen LogP contribution < -0.4 is 10.0 Å². The second-order valence-corrected chi connectivity index (χ2v) is 8.73. The second-order valence-electron chi connectivity index (χ2n) is 8.73. The lowest BCUT2D eigenvalue weighted by molar-refractivity contribution is -0.858. The number of quaternary nitrogens is 1. The van der Waals surface area contributed by atoms with Crippen molar-refractivity contribution in [3.63, 3.8) is 0 Å². The highest BCUT2D eigenvalue weighted by molar-refractivity contribution is 6.46. The molecule has 1 atom stereocenters. The maximum atomic E-state index is 13.7. The Bertz CT molecular complexity index is 1230. The van der Waals surface area contributed by atoms with Crippen LogP contribution in [0.4, 0.5) is 4.39 Å². The molecule has 8 heteroatoms. The predicted molar refractivity (Wildman–Crippen MR) is 123 cm³/mol. The van der Waals surface area contributed by atoms with Gasteiger partial charge in [0.05, 0.1) is 38.6 Å². The number of nitrogens with one attached hydrogen (secondary N) is 1. The Hall–Kier alpha value is -3.78. The minimum atomic E-state index is -0.871. The molecule has 0 bridgehead atoms. The van der Waals surface area contributed by atoms with Gasteiger partial charge in [-0.05, 0) is 36.8 Å². The van der Waals surface area contributed by atoms with Crippen LogP contribution in [-0.4, -0.2) is 53.6 Å². The van der Waals surface area contributed by atoms with Crippen molar-refractivity contribution in [1.82, 2.24) is 14.7 Å². The van der Waals surface area contributed by atoms with Crippen LogP contribution in [-0.2, 0) is 9.59 Å². The summed E-state index contributed by atoms with van der Waals surface area (Å²) < 4.78 is 15.2. The van der Waals surface area contributed by atoms with Crippen molar-refractivity contribution in [3.8, 4) is 5.69 Å². The number of ketones is 1. The molecule has 1 unspecified atom stereocenters. The molecule has 176 valence electrons. The van der Waals surface area contributed by atoms with Crippen LogP contribution >= 0.6 is 0 Å². The monoisotopic (exact) mass is 462 g/mol. The third kappa shape index (κ3) is 4.36. The van der Waals surface area contributed by atoms with E-state index in [4.69, 9.17) is 0 Å². The first-order valence-electron chi connectivity index (χ1n) is 11.2. The predicted octanol–water partition coefficient (Wildman–Crippen LogP) is 1.08. The van der Waals surface area contributed by atoms with Crippen molar-refractivity contribution in [1.29, 1.82) is 0 Å². The van der Waals surface area contributed by atoms with E-state index in [2.05, 4.69) is 5.10 Å². The van der Waals surface area contributed by atoms with Crippen LogP contribution in [0, 0.1) is 12.7 Å². The van der Waals surface area contributed by atoms with Gasteiger partial charge in [0.2, 0.25) is 5.78 Å². The molecule has 2 aromatic carbocycles. The number of benzene rings is 2. The second kappa shape index (κ2) is 9.61. The summed E-state index contributed by atoms with van der Waals surface area (Å²) >= 11 is 0. The molecule has 4 rings (SSSR count). The van der Waals surface area contributed by atoms with E-state index in [0.29, 0.717) is 24.2 Å². The minimum absolute atomic E-state index is 0.121. The number of aromatic nitrogens is 2. The Morgan fingerprint density at radius 3 is 2.41 bits per heavy atom. The number of para-hydroxylation sites is 1. The molecule has 0 spiro atoms. The molecular formula is C26H27FN4O3. The van der Waals surface area contributed by atoms with Crippen LogP contribution in [0.5, 0.6) is 0 Å². The number of hydrogen-bond acceptors (Lipinski definition) is 4. The van der Waals surface area contributed by atoms with Gasteiger partial charge in [0.25, 0.3) is 5.91 Å². The van der Waals surface area contributed by atoms with E-state index >= 15 is 0 Å². The van der Waals surface area contributed by atoms with Gasteiger partial charge in [-0.1, -0.05) is 36.1 Å². The Morgan fingerprint density at radius 2 is 1.76 bits per heavy atom. The lowest BCUT2D eigenvalue weighted by Crippen LogP contribution is -3.05. The largest absolute Gasteiger partial charge is 0.872 e. The van der Waals surface area contributed by atoms with Crippen molar-refractivity contribution in [3.05, 3.63) is 89.0 Å². The molecule has 0 saturated carbocycles. The van der Waals surface area contributed by atoms with Crippen LogP contribution in [0.3, 0.4) is 0 Å². The van der Waals surface area contributed by atoms with Crippen molar-refractivity contribution in [2.24, 2.45) is 0 Å². The van der Waals surface area contributed by atoms with E-state index in [9.17, 15) is 19.1 Å². The average molecular weight is 463 g/mol. The number of amides is 1. The molecule has 2 heterocycles. The van der Waals surface area contributed by atoms with E-state index in [1.165, 1.54) is 40.3 Å². The summed E-state index contributed by atoms with van der Waals surface area (Å²) in [4.78, 5) is 28.7. The topological polar surface area (TPSA) is 82.7 Å². The lowest BCUT2D eigenvalue weighted by atomic mass is 9.95. The van der Waals surface area contributed by atoms with Gasteiger partial charge in [-0.25, -0.2) is 9.07 Å². The summed E-state index contributed by atoms with van der Waals surface area (Å²) in [5.74, 6) is -2.49. The molecule has 1 fully saturated rings. The zero-order valence-electron chi connectivity index (χ0n) is 19.4. The quantitative estimate of drug-likeness (QED) is 0.324. The van der Waals surface area contributed by atoms with Crippen LogP contribution in [0.1, 0.15) is 29.3 Å². The van der Waals surface area contributed by atoms with Gasteiger partial charge >= 0.3 is 0 Å². The zero-order valence-corrected chi connectivity index (χ0v) is 19.4. The molecule has 1 aliphatic rings. The molecule has 1 aromatic heterocycles. The van der Waals surface area contributed by atoms with Gasteiger partial charge < -0.3 is 14.9 Å².